The Hall–Kier alpha value is -2.37. The van der Waals surface area contributed by atoms with E-state index in [0.717, 1.165) is 18.4 Å². The number of hydrogen-bond acceptors (Lipinski definition) is 4. The predicted molar refractivity (Wildman–Crippen MR) is 101 cm³/mol. The van der Waals surface area contributed by atoms with E-state index in [1.807, 2.05) is 30.3 Å². The van der Waals surface area contributed by atoms with E-state index in [2.05, 4.69) is 5.32 Å². The molecule has 1 fully saturated rings. The Kier molecular flexibility index (Phi) is 6.99. The summed E-state index contributed by atoms with van der Waals surface area (Å²) in [7, 11) is 0. The number of carbonyl (C=O) groups excluding carboxylic acids is 2. The van der Waals surface area contributed by atoms with Crippen LogP contribution in [0.4, 0.5) is 4.79 Å². The van der Waals surface area contributed by atoms with Gasteiger partial charge in [0, 0.05) is 18.3 Å². The van der Waals surface area contributed by atoms with Crippen LogP contribution >= 0.6 is 0 Å². The first-order valence-corrected chi connectivity index (χ1v) is 9.46. The topological polar surface area (TPSA) is 92.7 Å². The zero-order chi connectivity index (χ0) is 20.0. The number of aliphatic carboxylic acids is 1. The summed E-state index contributed by atoms with van der Waals surface area (Å²) in [5, 5.41) is 12.3. The van der Waals surface area contributed by atoms with Crippen molar-refractivity contribution in [3.05, 3.63) is 35.9 Å². The Morgan fingerprint density at radius 1 is 1.22 bits per heavy atom. The van der Waals surface area contributed by atoms with Gasteiger partial charge in [0.2, 0.25) is 0 Å². The minimum absolute atomic E-state index is 0.0828. The minimum atomic E-state index is -1.19. The van der Waals surface area contributed by atoms with Crippen molar-refractivity contribution in [3.8, 4) is 0 Å². The predicted octanol–water partition coefficient (Wildman–Crippen LogP) is 3.58. The Morgan fingerprint density at radius 2 is 1.89 bits per heavy atom. The number of hydrogen-bond donors (Lipinski definition) is 2. The van der Waals surface area contributed by atoms with Crippen molar-refractivity contribution in [2.24, 2.45) is 11.8 Å². The SMILES string of the molecule is CC(C)(C)OC(=O)N[C@H](C(=O)O)C(Cc1ccccc1)C1CCCCC1=O. The van der Waals surface area contributed by atoms with Gasteiger partial charge in [0.15, 0.2) is 0 Å². The molecular formula is C21H29NO5. The Morgan fingerprint density at radius 3 is 2.44 bits per heavy atom. The summed E-state index contributed by atoms with van der Waals surface area (Å²) in [6.07, 6.45) is 2.47. The molecule has 1 aromatic rings. The smallest absolute Gasteiger partial charge is 0.408 e. The number of carbonyl (C=O) groups is 3. The summed E-state index contributed by atoms with van der Waals surface area (Å²) in [5.74, 6) is -1.97. The van der Waals surface area contributed by atoms with Crippen LogP contribution in [-0.4, -0.2) is 34.6 Å². The van der Waals surface area contributed by atoms with Crippen LogP contribution in [0.3, 0.4) is 0 Å². The zero-order valence-electron chi connectivity index (χ0n) is 16.2. The van der Waals surface area contributed by atoms with Crippen LogP contribution in [0.1, 0.15) is 52.0 Å². The lowest BCUT2D eigenvalue weighted by molar-refractivity contribution is -0.142. The molecule has 6 nitrogen and oxygen atoms in total. The molecule has 2 N–H and O–H groups in total. The average molecular weight is 375 g/mol. The number of carboxylic acid groups (broad SMARTS) is 1. The quantitative estimate of drug-likeness (QED) is 0.793. The van der Waals surface area contributed by atoms with E-state index in [1.165, 1.54) is 0 Å². The highest BCUT2D eigenvalue weighted by molar-refractivity contribution is 5.85. The maximum absolute atomic E-state index is 12.5. The van der Waals surface area contributed by atoms with Gasteiger partial charge in [0.1, 0.15) is 17.4 Å². The van der Waals surface area contributed by atoms with Gasteiger partial charge in [-0.25, -0.2) is 9.59 Å². The van der Waals surface area contributed by atoms with Gasteiger partial charge in [0.05, 0.1) is 0 Å². The van der Waals surface area contributed by atoms with Crippen LogP contribution in [0.25, 0.3) is 0 Å². The molecule has 2 rings (SSSR count). The molecule has 1 aliphatic carbocycles. The summed E-state index contributed by atoms with van der Waals surface area (Å²) in [6, 6.07) is 8.28. The highest BCUT2D eigenvalue weighted by atomic mass is 16.6. The third-order valence-electron chi connectivity index (χ3n) is 4.80. The molecule has 1 amide bonds. The molecule has 0 aromatic heterocycles. The molecule has 0 saturated heterocycles. The van der Waals surface area contributed by atoms with Gasteiger partial charge in [-0.1, -0.05) is 36.8 Å². The first-order chi connectivity index (χ1) is 12.7. The van der Waals surface area contributed by atoms with Crippen LogP contribution in [0.15, 0.2) is 30.3 Å². The summed E-state index contributed by atoms with van der Waals surface area (Å²) < 4.78 is 5.23. The molecule has 2 unspecified atom stereocenters. The lowest BCUT2D eigenvalue weighted by Gasteiger charge is -2.34. The number of Topliss-reactive ketones (excluding diaryl/α,β-unsaturated/α-hetero) is 1. The zero-order valence-corrected chi connectivity index (χ0v) is 16.2. The molecule has 1 saturated carbocycles. The average Bonchev–Trinajstić information content (AvgIpc) is 2.58. The third-order valence-corrected chi connectivity index (χ3v) is 4.80. The van der Waals surface area contributed by atoms with Crippen molar-refractivity contribution in [1.82, 2.24) is 5.32 Å². The fourth-order valence-electron chi connectivity index (χ4n) is 3.63. The van der Waals surface area contributed by atoms with Gasteiger partial charge in [-0.2, -0.15) is 0 Å². The normalized spacial score (nSPS) is 19.8. The lowest BCUT2D eigenvalue weighted by atomic mass is 9.73. The van der Waals surface area contributed by atoms with E-state index < -0.39 is 29.6 Å². The van der Waals surface area contributed by atoms with Crippen molar-refractivity contribution in [2.45, 2.75) is 64.5 Å². The van der Waals surface area contributed by atoms with Crippen LogP contribution in [0.5, 0.6) is 0 Å². The summed E-state index contributed by atoms with van der Waals surface area (Å²) >= 11 is 0. The number of rotatable bonds is 6. The van der Waals surface area contributed by atoms with Crippen molar-refractivity contribution in [3.63, 3.8) is 0 Å². The molecule has 3 atom stereocenters. The number of ether oxygens (including phenoxy) is 1. The van der Waals surface area contributed by atoms with Crippen molar-refractivity contribution < 1.29 is 24.2 Å². The summed E-state index contributed by atoms with van der Waals surface area (Å²) in [5.41, 5.74) is 0.209. The molecule has 0 radical (unpaired) electrons. The van der Waals surface area contributed by atoms with E-state index in [1.54, 1.807) is 20.8 Å². The summed E-state index contributed by atoms with van der Waals surface area (Å²) in [4.78, 5) is 36.7. The molecule has 0 aliphatic heterocycles. The van der Waals surface area contributed by atoms with E-state index in [-0.39, 0.29) is 11.7 Å². The van der Waals surface area contributed by atoms with E-state index in [9.17, 15) is 19.5 Å². The van der Waals surface area contributed by atoms with Crippen molar-refractivity contribution in [2.75, 3.05) is 0 Å². The molecular weight excluding hydrogens is 346 g/mol. The molecule has 1 aliphatic rings. The highest BCUT2D eigenvalue weighted by Gasteiger charge is 2.40. The monoisotopic (exact) mass is 375 g/mol. The number of carboxylic acids is 1. The molecule has 0 spiro atoms. The van der Waals surface area contributed by atoms with E-state index in [4.69, 9.17) is 4.74 Å². The fourth-order valence-corrected chi connectivity index (χ4v) is 3.63. The van der Waals surface area contributed by atoms with Crippen LogP contribution in [-0.2, 0) is 20.7 Å². The second kappa shape index (κ2) is 9.02. The van der Waals surface area contributed by atoms with Gasteiger partial charge in [0.25, 0.3) is 0 Å². The van der Waals surface area contributed by atoms with Gasteiger partial charge < -0.3 is 15.2 Å². The van der Waals surface area contributed by atoms with Gasteiger partial charge >= 0.3 is 12.1 Å². The first-order valence-electron chi connectivity index (χ1n) is 9.46. The number of alkyl carbamates (subject to hydrolysis) is 1. The van der Waals surface area contributed by atoms with Crippen LogP contribution < -0.4 is 5.32 Å². The highest BCUT2D eigenvalue weighted by Crippen LogP contribution is 2.32. The molecule has 0 bridgehead atoms. The van der Waals surface area contributed by atoms with Gasteiger partial charge in [-0.05, 0) is 45.6 Å². The van der Waals surface area contributed by atoms with Crippen molar-refractivity contribution >= 4 is 17.8 Å². The van der Waals surface area contributed by atoms with Gasteiger partial charge in [-0.15, -0.1) is 0 Å². The largest absolute Gasteiger partial charge is 0.480 e. The molecule has 27 heavy (non-hydrogen) atoms. The van der Waals surface area contributed by atoms with Crippen LogP contribution in [0.2, 0.25) is 0 Å². The van der Waals surface area contributed by atoms with Crippen LogP contribution in [0, 0.1) is 11.8 Å². The maximum atomic E-state index is 12.5. The number of amides is 1. The number of nitrogens with one attached hydrogen (secondary N) is 1. The van der Waals surface area contributed by atoms with E-state index >= 15 is 0 Å². The Labute approximate surface area is 160 Å². The molecule has 148 valence electrons. The fraction of sp³-hybridized carbons (Fsp3) is 0.571. The maximum Gasteiger partial charge on any atom is 0.408 e. The Bertz CT molecular complexity index is 665. The van der Waals surface area contributed by atoms with Crippen molar-refractivity contribution in [1.29, 1.82) is 0 Å². The standard InChI is InChI=1S/C21H29NO5/c1-21(2,3)27-20(26)22-18(19(24)25)16(13-14-9-5-4-6-10-14)15-11-7-8-12-17(15)23/h4-6,9-10,15-16,18H,7-8,11-13H2,1-3H3,(H,22,26)(H,24,25)/t15?,16?,18-/m0/s1. The first kappa shape index (κ1) is 20.9. The summed E-state index contributed by atoms with van der Waals surface area (Å²) in [6.45, 7) is 5.15. The minimum Gasteiger partial charge on any atom is -0.480 e. The lowest BCUT2D eigenvalue weighted by Crippen LogP contribution is -2.51. The Balaban J connectivity index is 2.27. The van der Waals surface area contributed by atoms with E-state index in [0.29, 0.717) is 19.3 Å². The number of ketones is 1. The molecule has 1 aromatic carbocycles. The third kappa shape index (κ3) is 6.38. The second-order valence-corrected chi connectivity index (χ2v) is 8.13. The number of benzene rings is 1. The molecule has 0 heterocycles. The molecule has 6 heteroatoms. The second-order valence-electron chi connectivity index (χ2n) is 8.13. The van der Waals surface area contributed by atoms with Gasteiger partial charge in [-0.3, -0.25) is 4.79 Å².